The van der Waals surface area contributed by atoms with Gasteiger partial charge in [0, 0.05) is 25.9 Å². The van der Waals surface area contributed by atoms with Crippen LogP contribution in [0.5, 0.6) is 0 Å². The van der Waals surface area contributed by atoms with Crippen LogP contribution in [0, 0.1) is 10.8 Å². The molecular formula is C50H74N8O8. The van der Waals surface area contributed by atoms with Gasteiger partial charge in [-0.25, -0.2) is 19.9 Å². The molecule has 0 amide bonds. The van der Waals surface area contributed by atoms with Crippen molar-refractivity contribution in [1.29, 1.82) is 0 Å². The fourth-order valence-corrected chi connectivity index (χ4v) is 8.98. The summed E-state index contributed by atoms with van der Waals surface area (Å²) in [6, 6.07) is 0. The van der Waals surface area contributed by atoms with Crippen LogP contribution in [0.4, 0.5) is 0 Å². The highest BCUT2D eigenvalue weighted by Gasteiger charge is 2.37. The Bertz CT molecular complexity index is 2340. The maximum absolute atomic E-state index is 13.2. The molecule has 6 unspecified atom stereocenters. The normalized spacial score (nSPS) is 22.7. The van der Waals surface area contributed by atoms with E-state index >= 15 is 0 Å². The summed E-state index contributed by atoms with van der Waals surface area (Å²) in [6.45, 7) is 18.6. The summed E-state index contributed by atoms with van der Waals surface area (Å²) < 4.78 is 17.9. The topological polar surface area (TPSA) is 205 Å². The lowest BCUT2D eigenvalue weighted by atomic mass is 9.63. The highest BCUT2D eigenvalue weighted by atomic mass is 16.5. The van der Waals surface area contributed by atoms with Crippen LogP contribution in [-0.4, -0.2) is 96.3 Å². The number of fused-ring (bicyclic) bond motifs is 2. The van der Waals surface area contributed by atoms with Gasteiger partial charge in [0.05, 0.1) is 38.1 Å². The number of allylic oxidation sites excluding steroid dienone is 8. The van der Waals surface area contributed by atoms with Crippen LogP contribution >= 0.6 is 0 Å². The van der Waals surface area contributed by atoms with Gasteiger partial charge >= 0.3 is 0 Å². The summed E-state index contributed by atoms with van der Waals surface area (Å²) in [5, 5.41) is 39.1. The van der Waals surface area contributed by atoms with Crippen molar-refractivity contribution in [2.75, 3.05) is 13.2 Å². The van der Waals surface area contributed by atoms with E-state index in [1.54, 1.807) is 18.3 Å². The van der Waals surface area contributed by atoms with Crippen molar-refractivity contribution in [3.8, 4) is 0 Å². The average molecular weight is 915 g/mol. The van der Waals surface area contributed by atoms with E-state index in [0.29, 0.717) is 37.2 Å². The third kappa shape index (κ3) is 12.3. The molecule has 0 aromatic carbocycles. The first-order valence-electron chi connectivity index (χ1n) is 23.8. The van der Waals surface area contributed by atoms with Crippen molar-refractivity contribution in [3.63, 3.8) is 0 Å². The summed E-state index contributed by atoms with van der Waals surface area (Å²) in [5.41, 5.74) is 6.52. The molecule has 362 valence electrons. The molecule has 2 saturated heterocycles. The zero-order chi connectivity index (χ0) is 47.8. The molecule has 0 radical (unpaired) electrons. The zero-order valence-corrected chi connectivity index (χ0v) is 40.4. The van der Waals surface area contributed by atoms with Crippen LogP contribution < -0.4 is 11.1 Å². The Hall–Kier alpha value is -4.58. The van der Waals surface area contributed by atoms with Gasteiger partial charge in [0.1, 0.15) is 37.3 Å². The Morgan fingerprint density at radius 2 is 0.985 bits per heavy atom. The van der Waals surface area contributed by atoms with E-state index in [2.05, 4.69) is 99.6 Å². The average Bonchev–Trinajstić information content (AvgIpc) is 4.08. The van der Waals surface area contributed by atoms with Crippen LogP contribution in [-0.2, 0) is 22.6 Å². The fourth-order valence-electron chi connectivity index (χ4n) is 8.98. The second-order valence-corrected chi connectivity index (χ2v) is 20.0. The van der Waals surface area contributed by atoms with Crippen molar-refractivity contribution in [2.45, 2.75) is 182 Å². The van der Waals surface area contributed by atoms with Gasteiger partial charge in [0.25, 0.3) is 11.1 Å². The van der Waals surface area contributed by atoms with Gasteiger partial charge in [-0.1, -0.05) is 74.3 Å². The number of aliphatic hydroxyl groups is 4. The molecule has 6 heterocycles. The van der Waals surface area contributed by atoms with E-state index in [9.17, 15) is 30.0 Å². The minimum atomic E-state index is -0.788. The molecule has 0 saturated carbocycles. The summed E-state index contributed by atoms with van der Waals surface area (Å²) in [7, 11) is 0. The number of hydrogen-bond acceptors (Lipinski definition) is 12. The Morgan fingerprint density at radius 3 is 1.35 bits per heavy atom. The van der Waals surface area contributed by atoms with Crippen LogP contribution in [0.25, 0.3) is 22.3 Å². The van der Waals surface area contributed by atoms with Crippen molar-refractivity contribution < 1.29 is 29.9 Å². The lowest BCUT2D eigenvalue weighted by Gasteiger charge is -2.42. The van der Waals surface area contributed by atoms with Crippen molar-refractivity contribution in [2.24, 2.45) is 10.8 Å². The molecule has 4 aromatic heterocycles. The molecule has 0 spiro atoms. The summed E-state index contributed by atoms with van der Waals surface area (Å²) >= 11 is 0. The van der Waals surface area contributed by atoms with E-state index in [0.717, 1.165) is 51.4 Å². The minimum absolute atomic E-state index is 0.204. The first kappa shape index (κ1) is 50.8. The third-order valence-electron chi connectivity index (χ3n) is 14.4. The van der Waals surface area contributed by atoms with Gasteiger partial charge < -0.3 is 29.9 Å². The minimum Gasteiger partial charge on any atom is -0.394 e. The van der Waals surface area contributed by atoms with Crippen molar-refractivity contribution in [1.82, 2.24) is 38.2 Å². The quantitative estimate of drug-likeness (QED) is 0.0545. The SMILES string of the molecule is C/C(=C\Cn1cnc2c(ncn2C2CC(O)C(CO)O2)c1=O)CC/C=C(\C)CCCC(C)(C)C(C)(C)CCC/C(C)=C/CC/C(C)=C/Cn1cnc2c(ncn2C2CC(O)C(CO)O2)c1=O. The van der Waals surface area contributed by atoms with E-state index < -0.39 is 36.9 Å². The Balaban J connectivity index is 0.872. The van der Waals surface area contributed by atoms with Crippen LogP contribution in [0.15, 0.2) is 81.5 Å². The second kappa shape index (κ2) is 22.5. The molecule has 6 rings (SSSR count). The lowest BCUT2D eigenvalue weighted by Crippen LogP contribution is -2.32. The largest absolute Gasteiger partial charge is 0.394 e. The van der Waals surface area contributed by atoms with E-state index in [-0.39, 0.29) is 46.2 Å². The zero-order valence-electron chi connectivity index (χ0n) is 40.4. The highest BCUT2D eigenvalue weighted by Crippen LogP contribution is 2.46. The van der Waals surface area contributed by atoms with Gasteiger partial charge in [0.15, 0.2) is 22.3 Å². The molecular weight excluding hydrogens is 841 g/mol. The molecule has 2 fully saturated rings. The maximum atomic E-state index is 13.2. The van der Waals surface area contributed by atoms with Gasteiger partial charge in [-0.3, -0.25) is 27.9 Å². The molecule has 0 bridgehead atoms. The smallest absolute Gasteiger partial charge is 0.281 e. The molecule has 0 aliphatic carbocycles. The molecule has 16 heteroatoms. The number of hydrogen-bond donors (Lipinski definition) is 4. The Labute approximate surface area is 388 Å². The molecule has 6 atom stereocenters. The predicted molar refractivity (Wildman–Crippen MR) is 256 cm³/mol. The van der Waals surface area contributed by atoms with Gasteiger partial charge in [-0.15, -0.1) is 0 Å². The standard InChI is InChI=1S/C50H74N8O8/c1-33(13-9-15-35(3)19-23-55-29-53-45-43(47(55)63)51-31-57(45)41-25-37(61)39(27-59)65-41)17-11-21-49(5,6)50(7,8)22-12-18-34(2)14-10-16-36(4)20-24-56-30-54-46-44(48(56)64)52-32-58(46)42-26-38(62)40(28-60)66-42/h13-14,19-20,29-32,37-42,59-62H,9-12,15-18,21-28H2,1-8H3/b33-13+,34-14+,35-19+,36-20+. The fraction of sp³-hybridized carbons (Fsp3) is 0.640. The van der Waals surface area contributed by atoms with E-state index in [4.69, 9.17) is 9.47 Å². The molecule has 16 nitrogen and oxygen atoms in total. The van der Waals surface area contributed by atoms with Crippen molar-refractivity contribution in [3.05, 3.63) is 92.6 Å². The van der Waals surface area contributed by atoms with Gasteiger partial charge in [0.2, 0.25) is 0 Å². The number of imidazole rings is 2. The monoisotopic (exact) mass is 915 g/mol. The molecule has 2 aliphatic heterocycles. The number of ether oxygens (including phenoxy) is 2. The van der Waals surface area contributed by atoms with E-state index in [1.165, 1.54) is 60.4 Å². The first-order chi connectivity index (χ1) is 31.4. The van der Waals surface area contributed by atoms with Crippen LogP contribution in [0.3, 0.4) is 0 Å². The maximum Gasteiger partial charge on any atom is 0.281 e. The predicted octanol–water partition coefficient (Wildman–Crippen LogP) is 7.22. The number of nitrogens with zero attached hydrogens (tertiary/aromatic N) is 8. The number of aromatic nitrogens is 8. The summed E-state index contributed by atoms with van der Waals surface area (Å²) in [6.07, 6.45) is 22.1. The summed E-state index contributed by atoms with van der Waals surface area (Å²) in [5.74, 6) is 0. The molecule has 66 heavy (non-hydrogen) atoms. The molecule has 4 N–H and O–H groups in total. The van der Waals surface area contributed by atoms with Gasteiger partial charge in [-0.2, -0.15) is 0 Å². The lowest BCUT2D eigenvalue weighted by molar-refractivity contribution is -0.0432. The third-order valence-corrected chi connectivity index (χ3v) is 14.4. The van der Waals surface area contributed by atoms with Crippen LogP contribution in [0.2, 0.25) is 0 Å². The number of aliphatic hydroxyl groups excluding tert-OH is 4. The number of rotatable bonds is 23. The molecule has 4 aromatic rings. The van der Waals surface area contributed by atoms with Gasteiger partial charge in [-0.05, 0) is 103 Å². The first-order valence-corrected chi connectivity index (χ1v) is 23.8. The van der Waals surface area contributed by atoms with Crippen LogP contribution in [0.1, 0.15) is 145 Å². The second-order valence-electron chi connectivity index (χ2n) is 20.0. The molecule has 2 aliphatic rings. The Morgan fingerprint density at radius 1 is 0.606 bits per heavy atom. The van der Waals surface area contributed by atoms with E-state index in [1.807, 2.05) is 0 Å². The summed E-state index contributed by atoms with van der Waals surface area (Å²) in [4.78, 5) is 44.0. The highest BCUT2D eigenvalue weighted by molar-refractivity contribution is 5.69. The Kier molecular flexibility index (Phi) is 17.3. The van der Waals surface area contributed by atoms with Crippen molar-refractivity contribution >= 4 is 22.3 Å².